The second kappa shape index (κ2) is 2.93. The fourth-order valence-electron chi connectivity index (χ4n) is 1.12. The van der Waals surface area contributed by atoms with Crippen molar-refractivity contribution >= 4 is 11.9 Å². The predicted octanol–water partition coefficient (Wildman–Crippen LogP) is 1.14. The number of carboxylic acid groups (broad SMARTS) is 1. The van der Waals surface area contributed by atoms with Crippen molar-refractivity contribution in [2.75, 3.05) is 0 Å². The van der Waals surface area contributed by atoms with Crippen molar-refractivity contribution in [3.63, 3.8) is 0 Å². The highest BCUT2D eigenvalue weighted by Gasteiger charge is 2.67. The highest BCUT2D eigenvalue weighted by molar-refractivity contribution is 5.92. The Morgan fingerprint density at radius 2 is 2.00 bits per heavy atom. The molecule has 1 saturated carbocycles. The zero-order valence-electron chi connectivity index (χ0n) is 8.33. The van der Waals surface area contributed by atoms with Crippen molar-refractivity contribution in [3.8, 4) is 0 Å². The third-order valence-electron chi connectivity index (χ3n) is 1.94. The molecule has 1 aliphatic rings. The first-order valence-electron chi connectivity index (χ1n) is 4.32. The predicted molar refractivity (Wildman–Crippen MR) is 45.4 cm³/mol. The van der Waals surface area contributed by atoms with E-state index in [2.05, 4.69) is 0 Å². The van der Waals surface area contributed by atoms with Gasteiger partial charge in [0.25, 0.3) is 0 Å². The number of hydrogen-bond acceptors (Lipinski definition) is 3. The lowest BCUT2D eigenvalue weighted by atomic mass is 10.2. The quantitative estimate of drug-likeness (QED) is 0.685. The number of aliphatic carboxylic acids is 1. The summed E-state index contributed by atoms with van der Waals surface area (Å²) in [6.45, 7) is 4.94. The molecule has 2 unspecified atom stereocenters. The van der Waals surface area contributed by atoms with Gasteiger partial charge in [-0.1, -0.05) is 0 Å². The van der Waals surface area contributed by atoms with Gasteiger partial charge < -0.3 is 9.84 Å². The van der Waals surface area contributed by atoms with E-state index in [0.29, 0.717) is 0 Å². The first-order valence-corrected chi connectivity index (χ1v) is 4.32. The minimum Gasteiger partial charge on any atom is -0.479 e. The Morgan fingerprint density at radius 1 is 1.50 bits per heavy atom. The van der Waals surface area contributed by atoms with Crippen molar-refractivity contribution in [3.05, 3.63) is 0 Å². The van der Waals surface area contributed by atoms with Crippen molar-refractivity contribution in [2.24, 2.45) is 5.92 Å². The van der Waals surface area contributed by atoms with Crippen LogP contribution in [0, 0.1) is 5.92 Å². The van der Waals surface area contributed by atoms with Gasteiger partial charge in [0, 0.05) is 6.42 Å². The van der Waals surface area contributed by atoms with E-state index in [1.807, 2.05) is 0 Å². The molecule has 0 spiro atoms. The summed E-state index contributed by atoms with van der Waals surface area (Å²) in [5.74, 6) is -3.50. The van der Waals surface area contributed by atoms with Crippen LogP contribution in [0.5, 0.6) is 0 Å². The summed E-state index contributed by atoms with van der Waals surface area (Å²) in [5, 5.41) is 8.45. The third kappa shape index (κ3) is 2.02. The van der Waals surface area contributed by atoms with Crippen LogP contribution in [0.25, 0.3) is 0 Å². The number of carbonyl (C=O) groups excluding carboxylic acids is 1. The summed E-state index contributed by atoms with van der Waals surface area (Å²) in [5.41, 5.74) is -3.11. The molecule has 1 aliphatic carbocycles. The Bertz CT molecular complexity index is 281. The van der Waals surface area contributed by atoms with Gasteiger partial charge in [-0.05, 0) is 20.8 Å². The van der Waals surface area contributed by atoms with Gasteiger partial charge in [0.2, 0.25) is 5.67 Å². The fourth-order valence-corrected chi connectivity index (χ4v) is 1.12. The maximum atomic E-state index is 13.2. The molecular formula is C9H13FO4. The van der Waals surface area contributed by atoms with Gasteiger partial charge >= 0.3 is 11.9 Å². The molecule has 0 aliphatic heterocycles. The molecule has 5 heteroatoms. The van der Waals surface area contributed by atoms with E-state index in [-0.39, 0.29) is 6.42 Å². The van der Waals surface area contributed by atoms with Gasteiger partial charge in [0.15, 0.2) is 0 Å². The maximum absolute atomic E-state index is 13.2. The molecule has 4 nitrogen and oxygen atoms in total. The zero-order chi connectivity index (χ0) is 11.1. The monoisotopic (exact) mass is 204 g/mol. The molecular weight excluding hydrogens is 191 g/mol. The van der Waals surface area contributed by atoms with Gasteiger partial charge in [-0.2, -0.15) is 0 Å². The smallest absolute Gasteiger partial charge is 0.342 e. The maximum Gasteiger partial charge on any atom is 0.342 e. The molecule has 0 heterocycles. The largest absolute Gasteiger partial charge is 0.479 e. The van der Waals surface area contributed by atoms with Crippen LogP contribution in [0.4, 0.5) is 4.39 Å². The van der Waals surface area contributed by atoms with E-state index >= 15 is 0 Å². The molecule has 0 amide bonds. The molecule has 2 atom stereocenters. The lowest BCUT2D eigenvalue weighted by Gasteiger charge is -2.19. The van der Waals surface area contributed by atoms with Crippen LogP contribution >= 0.6 is 0 Å². The summed E-state index contributed by atoms with van der Waals surface area (Å²) in [4.78, 5) is 21.6. The molecule has 0 radical (unpaired) electrons. The molecule has 80 valence electrons. The fraction of sp³-hybridized carbons (Fsp3) is 0.778. The van der Waals surface area contributed by atoms with Gasteiger partial charge in [-0.25, -0.2) is 9.18 Å². The Labute approximate surface area is 81.0 Å². The number of halogens is 1. The summed E-state index contributed by atoms with van der Waals surface area (Å²) < 4.78 is 18.1. The summed E-state index contributed by atoms with van der Waals surface area (Å²) in [6.07, 6.45) is -0.281. The Balaban J connectivity index is 2.56. The Kier molecular flexibility index (Phi) is 2.29. The zero-order valence-corrected chi connectivity index (χ0v) is 8.33. The van der Waals surface area contributed by atoms with E-state index in [4.69, 9.17) is 9.84 Å². The third-order valence-corrected chi connectivity index (χ3v) is 1.94. The summed E-state index contributed by atoms with van der Waals surface area (Å²) in [6, 6.07) is 0. The van der Waals surface area contributed by atoms with Crippen molar-refractivity contribution in [1.29, 1.82) is 0 Å². The highest BCUT2D eigenvalue weighted by atomic mass is 19.1. The molecule has 14 heavy (non-hydrogen) atoms. The number of hydrogen-bond donors (Lipinski definition) is 1. The van der Waals surface area contributed by atoms with Gasteiger partial charge in [0.1, 0.15) is 11.5 Å². The molecule has 0 aromatic heterocycles. The number of esters is 1. The molecule has 1 fully saturated rings. The number of ether oxygens (including phenoxy) is 1. The van der Waals surface area contributed by atoms with Crippen LogP contribution in [0.3, 0.4) is 0 Å². The van der Waals surface area contributed by atoms with E-state index in [9.17, 15) is 14.0 Å². The Hall–Kier alpha value is -1.13. The molecule has 1 N–H and O–H groups in total. The molecule has 1 rings (SSSR count). The second-order valence-electron chi connectivity index (χ2n) is 4.46. The van der Waals surface area contributed by atoms with Crippen LogP contribution in [0.15, 0.2) is 0 Å². The van der Waals surface area contributed by atoms with Crippen LogP contribution in [0.1, 0.15) is 27.2 Å². The minimum absolute atomic E-state index is 0.281. The first-order chi connectivity index (χ1) is 6.17. The molecule has 0 aromatic carbocycles. The number of rotatable bonds is 2. The number of carbonyl (C=O) groups is 2. The molecule has 0 saturated heterocycles. The van der Waals surface area contributed by atoms with Crippen molar-refractivity contribution in [1.82, 2.24) is 0 Å². The van der Waals surface area contributed by atoms with Gasteiger partial charge in [0.05, 0.1) is 0 Å². The number of carboxylic acids is 1. The highest BCUT2D eigenvalue weighted by Crippen LogP contribution is 2.48. The van der Waals surface area contributed by atoms with Crippen LogP contribution in [0.2, 0.25) is 0 Å². The lowest BCUT2D eigenvalue weighted by Crippen LogP contribution is -2.29. The van der Waals surface area contributed by atoms with Crippen molar-refractivity contribution in [2.45, 2.75) is 38.5 Å². The van der Waals surface area contributed by atoms with E-state index < -0.39 is 29.1 Å². The number of alkyl halides is 1. The minimum atomic E-state index is -2.40. The van der Waals surface area contributed by atoms with Crippen LogP contribution in [-0.2, 0) is 14.3 Å². The van der Waals surface area contributed by atoms with Crippen LogP contribution in [-0.4, -0.2) is 28.3 Å². The first kappa shape index (κ1) is 10.9. The second-order valence-corrected chi connectivity index (χ2v) is 4.46. The SMILES string of the molecule is CC(C)(C)OC(=O)C1CC1(F)C(=O)O. The van der Waals surface area contributed by atoms with Crippen LogP contribution < -0.4 is 0 Å². The molecule has 0 bridgehead atoms. The average molecular weight is 204 g/mol. The summed E-state index contributed by atoms with van der Waals surface area (Å²) in [7, 11) is 0. The Morgan fingerprint density at radius 3 is 2.29 bits per heavy atom. The van der Waals surface area contributed by atoms with Crippen molar-refractivity contribution < 1.29 is 23.8 Å². The summed E-state index contributed by atoms with van der Waals surface area (Å²) >= 11 is 0. The topological polar surface area (TPSA) is 63.6 Å². The van der Waals surface area contributed by atoms with E-state index in [0.717, 1.165) is 0 Å². The average Bonchev–Trinajstić information content (AvgIpc) is 2.60. The van der Waals surface area contributed by atoms with E-state index in [1.54, 1.807) is 20.8 Å². The van der Waals surface area contributed by atoms with E-state index in [1.165, 1.54) is 0 Å². The lowest BCUT2D eigenvalue weighted by molar-refractivity contribution is -0.161. The standard InChI is InChI=1S/C9H13FO4/c1-8(2,3)14-6(11)5-4-9(5,10)7(12)13/h5H,4H2,1-3H3,(H,12,13). The normalized spacial score (nSPS) is 31.0. The van der Waals surface area contributed by atoms with Gasteiger partial charge in [-0.3, -0.25) is 4.79 Å². The van der Waals surface area contributed by atoms with Gasteiger partial charge in [-0.15, -0.1) is 0 Å². The molecule has 0 aromatic rings.